The molecule has 1 heterocycles. The highest BCUT2D eigenvalue weighted by Crippen LogP contribution is 2.21. The molecule has 0 aliphatic heterocycles. The quantitative estimate of drug-likeness (QED) is 0.666. The molecule has 0 unspecified atom stereocenters. The largest absolute Gasteiger partial charge is 0.333 e. The van der Waals surface area contributed by atoms with Gasteiger partial charge < -0.3 is 4.98 Å². The van der Waals surface area contributed by atoms with Crippen LogP contribution in [0.1, 0.15) is 17.3 Å². The minimum atomic E-state index is -1.10. The number of nitrogens with one attached hydrogen (secondary N) is 1. The van der Waals surface area contributed by atoms with Crippen LogP contribution in [0.3, 0.4) is 0 Å². The van der Waals surface area contributed by atoms with Gasteiger partial charge in [0.1, 0.15) is 11.6 Å². The number of hydrogen-bond acceptors (Lipinski definition) is 3. The summed E-state index contributed by atoms with van der Waals surface area (Å²) in [6.45, 7) is 1.14. The third kappa shape index (κ3) is 2.34. The lowest BCUT2D eigenvalue weighted by Crippen LogP contribution is -2.37. The van der Waals surface area contributed by atoms with Crippen molar-refractivity contribution in [1.82, 2.24) is 9.55 Å². The molecular weight excluding hydrogens is 338 g/mol. The van der Waals surface area contributed by atoms with E-state index in [0.717, 1.165) is 19.2 Å². The van der Waals surface area contributed by atoms with Crippen molar-refractivity contribution in [2.45, 2.75) is 6.92 Å². The minimum Gasteiger partial charge on any atom is -0.313 e. The predicted molar refractivity (Wildman–Crippen MR) is 70.3 cm³/mol. The molecule has 0 bridgehead atoms. The van der Waals surface area contributed by atoms with Crippen molar-refractivity contribution in [3.05, 3.63) is 60.8 Å². The maximum atomic E-state index is 13.8. The van der Waals surface area contributed by atoms with Crippen LogP contribution in [0.5, 0.6) is 0 Å². The lowest BCUT2D eigenvalue weighted by Gasteiger charge is -2.08. The van der Waals surface area contributed by atoms with Crippen molar-refractivity contribution in [3.63, 3.8) is 0 Å². The SMILES string of the molecule is CC(=O)c1c[nH]c(=O)n(-c2cc(Br)c(F)cc2F)c1=O. The van der Waals surface area contributed by atoms with Gasteiger partial charge in [-0.3, -0.25) is 9.59 Å². The van der Waals surface area contributed by atoms with Crippen LogP contribution >= 0.6 is 15.9 Å². The van der Waals surface area contributed by atoms with Gasteiger partial charge in [-0.15, -0.1) is 0 Å². The molecule has 0 atom stereocenters. The molecule has 0 aliphatic carbocycles. The molecule has 0 fully saturated rings. The molecule has 0 spiro atoms. The number of rotatable bonds is 2. The first-order chi connectivity index (χ1) is 9.32. The third-order valence-corrected chi connectivity index (χ3v) is 3.19. The Hall–Kier alpha value is -2.09. The van der Waals surface area contributed by atoms with Crippen LogP contribution in [0.25, 0.3) is 5.69 Å². The second kappa shape index (κ2) is 5.12. The average molecular weight is 345 g/mol. The number of carbonyl (C=O) groups excluding carboxylic acids is 1. The molecule has 104 valence electrons. The molecule has 1 N–H and O–H groups in total. The fourth-order valence-electron chi connectivity index (χ4n) is 1.63. The normalized spacial score (nSPS) is 10.6. The Morgan fingerprint density at radius 1 is 1.25 bits per heavy atom. The Labute approximate surface area is 119 Å². The molecule has 2 aromatic rings. The van der Waals surface area contributed by atoms with Crippen LogP contribution < -0.4 is 11.2 Å². The molecule has 0 saturated carbocycles. The zero-order chi connectivity index (χ0) is 15.0. The number of H-pyrrole nitrogens is 1. The van der Waals surface area contributed by atoms with E-state index in [1.807, 2.05) is 0 Å². The van der Waals surface area contributed by atoms with Gasteiger partial charge in [0.15, 0.2) is 5.78 Å². The fraction of sp³-hybridized carbons (Fsp3) is 0.0833. The van der Waals surface area contributed by atoms with E-state index in [4.69, 9.17) is 0 Å². The van der Waals surface area contributed by atoms with Gasteiger partial charge >= 0.3 is 5.69 Å². The molecular formula is C12H7BrF2N2O3. The molecule has 1 aromatic heterocycles. The number of hydrogen-bond donors (Lipinski definition) is 1. The summed E-state index contributed by atoms with van der Waals surface area (Å²) >= 11 is 2.84. The topological polar surface area (TPSA) is 71.9 Å². The number of carbonyl (C=O) groups is 1. The summed E-state index contributed by atoms with van der Waals surface area (Å²) in [5, 5.41) is 0. The maximum Gasteiger partial charge on any atom is 0.333 e. The van der Waals surface area contributed by atoms with E-state index < -0.39 is 34.4 Å². The van der Waals surface area contributed by atoms with Gasteiger partial charge in [0, 0.05) is 12.3 Å². The van der Waals surface area contributed by atoms with Gasteiger partial charge in [0.25, 0.3) is 5.56 Å². The van der Waals surface area contributed by atoms with Gasteiger partial charge in [-0.05, 0) is 28.9 Å². The number of aromatic nitrogens is 2. The first kappa shape index (κ1) is 14.3. The minimum absolute atomic E-state index is 0.117. The van der Waals surface area contributed by atoms with Crippen LogP contribution in [0.2, 0.25) is 0 Å². The summed E-state index contributed by atoms with van der Waals surface area (Å²) in [5.74, 6) is -2.56. The highest BCUT2D eigenvalue weighted by Gasteiger charge is 2.17. The van der Waals surface area contributed by atoms with Gasteiger partial charge in [0.05, 0.1) is 15.7 Å². The molecule has 20 heavy (non-hydrogen) atoms. The number of benzene rings is 1. The second-order valence-corrected chi connectivity index (χ2v) is 4.78. The fourth-order valence-corrected chi connectivity index (χ4v) is 1.96. The van der Waals surface area contributed by atoms with Crippen molar-refractivity contribution in [3.8, 4) is 5.69 Å². The molecule has 0 aliphatic rings. The lowest BCUT2D eigenvalue weighted by molar-refractivity contribution is 0.101. The van der Waals surface area contributed by atoms with Crippen molar-refractivity contribution < 1.29 is 13.6 Å². The monoisotopic (exact) mass is 344 g/mol. The highest BCUT2D eigenvalue weighted by molar-refractivity contribution is 9.10. The Morgan fingerprint density at radius 3 is 2.50 bits per heavy atom. The van der Waals surface area contributed by atoms with E-state index in [0.29, 0.717) is 10.6 Å². The van der Waals surface area contributed by atoms with E-state index in [2.05, 4.69) is 20.9 Å². The molecule has 5 nitrogen and oxygen atoms in total. The summed E-state index contributed by atoms with van der Waals surface area (Å²) in [6, 6.07) is 1.48. The average Bonchev–Trinajstić information content (AvgIpc) is 2.35. The van der Waals surface area contributed by atoms with Crippen LogP contribution in [0, 0.1) is 11.6 Å². The Morgan fingerprint density at radius 2 is 1.90 bits per heavy atom. The smallest absolute Gasteiger partial charge is 0.313 e. The Kier molecular flexibility index (Phi) is 3.67. The maximum absolute atomic E-state index is 13.8. The first-order valence-electron chi connectivity index (χ1n) is 5.33. The van der Waals surface area contributed by atoms with Crippen molar-refractivity contribution in [2.75, 3.05) is 0 Å². The number of Topliss-reactive ketones (excluding diaryl/α,β-unsaturated/α-hetero) is 1. The summed E-state index contributed by atoms with van der Waals surface area (Å²) < 4.78 is 27.2. The molecule has 0 amide bonds. The van der Waals surface area contributed by atoms with E-state index in [1.54, 1.807) is 0 Å². The number of nitrogens with zero attached hydrogens (tertiary/aromatic N) is 1. The van der Waals surface area contributed by atoms with Gasteiger partial charge in [-0.25, -0.2) is 18.1 Å². The van der Waals surface area contributed by atoms with Crippen molar-refractivity contribution in [1.29, 1.82) is 0 Å². The lowest BCUT2D eigenvalue weighted by atomic mass is 10.2. The van der Waals surface area contributed by atoms with Gasteiger partial charge in [-0.1, -0.05) is 0 Å². The van der Waals surface area contributed by atoms with Crippen LogP contribution in [-0.4, -0.2) is 15.3 Å². The number of ketones is 1. The van der Waals surface area contributed by atoms with Crippen molar-refractivity contribution in [2.24, 2.45) is 0 Å². The summed E-state index contributed by atoms with van der Waals surface area (Å²) in [4.78, 5) is 37.1. The third-order valence-electron chi connectivity index (χ3n) is 2.59. The standard InChI is InChI=1S/C12H7BrF2N2O3/c1-5(18)6-4-16-12(20)17(11(6)19)10-2-7(13)8(14)3-9(10)15/h2-4H,1H3,(H,16,20). The van der Waals surface area contributed by atoms with Crippen LogP contribution in [-0.2, 0) is 0 Å². The summed E-state index contributed by atoms with van der Waals surface area (Å²) in [7, 11) is 0. The second-order valence-electron chi connectivity index (χ2n) is 3.92. The Bertz CT molecular complexity index is 826. The first-order valence-corrected chi connectivity index (χ1v) is 6.13. The predicted octanol–water partition coefficient (Wildman–Crippen LogP) is 1.77. The molecule has 0 saturated heterocycles. The molecule has 2 rings (SSSR count). The van der Waals surface area contributed by atoms with Gasteiger partial charge in [-0.2, -0.15) is 0 Å². The van der Waals surface area contributed by atoms with E-state index in [-0.39, 0.29) is 10.0 Å². The van der Waals surface area contributed by atoms with Crippen molar-refractivity contribution >= 4 is 21.7 Å². The Balaban J connectivity index is 2.87. The summed E-state index contributed by atoms with van der Waals surface area (Å²) in [6.07, 6.45) is 0.958. The van der Waals surface area contributed by atoms with Crippen LogP contribution in [0.4, 0.5) is 8.78 Å². The number of halogens is 3. The number of aromatic amines is 1. The molecule has 0 radical (unpaired) electrons. The summed E-state index contributed by atoms with van der Waals surface area (Å²) in [5.41, 5.74) is -2.66. The molecule has 1 aromatic carbocycles. The molecule has 8 heteroatoms. The van der Waals surface area contributed by atoms with E-state index >= 15 is 0 Å². The zero-order valence-electron chi connectivity index (χ0n) is 10.0. The highest BCUT2D eigenvalue weighted by atomic mass is 79.9. The zero-order valence-corrected chi connectivity index (χ0v) is 11.6. The van der Waals surface area contributed by atoms with Gasteiger partial charge in [0.2, 0.25) is 0 Å². The van der Waals surface area contributed by atoms with E-state index in [1.165, 1.54) is 0 Å². The van der Waals surface area contributed by atoms with Crippen LogP contribution in [0.15, 0.2) is 32.4 Å². The van der Waals surface area contributed by atoms with E-state index in [9.17, 15) is 23.2 Å².